The summed E-state index contributed by atoms with van der Waals surface area (Å²) in [6.07, 6.45) is 0. The Kier molecular flexibility index (Phi) is 9.30. The number of carbonyl (C=O) groups is 4. The van der Waals surface area contributed by atoms with Crippen molar-refractivity contribution in [3.63, 3.8) is 0 Å². The van der Waals surface area contributed by atoms with Gasteiger partial charge < -0.3 is 23.4 Å². The Balaban J connectivity index is 0.786. The van der Waals surface area contributed by atoms with Gasteiger partial charge in [0.2, 0.25) is 11.8 Å². The minimum Gasteiger partial charge on any atom is -0.457 e. The Morgan fingerprint density at radius 1 is 0.492 bits per heavy atom. The maximum absolute atomic E-state index is 13.5. The molecular weight excluding hydrogens is 805 g/mol. The third kappa shape index (κ3) is 6.87. The van der Waals surface area contributed by atoms with E-state index in [-0.39, 0.29) is 52.7 Å². The summed E-state index contributed by atoms with van der Waals surface area (Å²) in [5.41, 5.74) is 4.18. The zero-order chi connectivity index (χ0) is 43.4. The number of ether oxygens (including phenoxy) is 2. The number of aromatic nitrogens is 4. The van der Waals surface area contributed by atoms with Gasteiger partial charge >= 0.3 is 12.0 Å². The van der Waals surface area contributed by atoms with Crippen molar-refractivity contribution < 1.29 is 42.6 Å². The third-order valence-corrected chi connectivity index (χ3v) is 11.0. The summed E-state index contributed by atoms with van der Waals surface area (Å²) in [5.74, 6) is -0.297. The molecule has 15 nitrogen and oxygen atoms in total. The second kappa shape index (κ2) is 15.2. The Morgan fingerprint density at radius 2 is 0.905 bits per heavy atom. The highest BCUT2D eigenvalue weighted by atomic mass is 16.5. The molecule has 308 valence electrons. The molecule has 0 aliphatic carbocycles. The number of aliphatic hydroxyl groups excluding tert-OH is 1. The number of imide groups is 2. The molecular formula is C48H32N6O9. The average molecular weight is 837 g/mol. The van der Waals surface area contributed by atoms with Crippen LogP contribution in [0, 0.1) is 0 Å². The summed E-state index contributed by atoms with van der Waals surface area (Å²) in [6.45, 7) is 4.07. The second-order valence-corrected chi connectivity index (χ2v) is 15.2. The molecule has 0 atom stereocenters. The monoisotopic (exact) mass is 836 g/mol. The van der Waals surface area contributed by atoms with Crippen LogP contribution >= 0.6 is 0 Å². The molecule has 0 spiro atoms. The molecule has 15 heteroatoms. The van der Waals surface area contributed by atoms with Crippen LogP contribution in [0.25, 0.3) is 22.9 Å². The Labute approximate surface area is 357 Å². The molecule has 1 N–H and O–H groups in total. The molecule has 4 heterocycles. The molecule has 0 bridgehead atoms. The minimum atomic E-state index is -0.621. The fourth-order valence-electron chi connectivity index (χ4n) is 7.41. The Morgan fingerprint density at radius 3 is 1.35 bits per heavy atom. The summed E-state index contributed by atoms with van der Waals surface area (Å²) in [4.78, 5) is 55.1. The smallest absolute Gasteiger partial charge is 0.332 e. The summed E-state index contributed by atoms with van der Waals surface area (Å²) >= 11 is 0. The standard InChI is InChI=1S/C48H32N6O9/c1-48(2,30-12-16-32(17-13-30)60-34-20-22-36-38(24-34)44(58)53(42(36)56)46-51-49-40(62-46)28-6-4-3-5-7-28)31-14-18-33(19-15-31)61-35-21-23-37-39(25-35)45(59)54(43(37)57)47-52-50-41(63-47)29-10-8-27(26-55)9-11-29/h3-25,55H,26H2,1-2H3. The van der Waals surface area contributed by atoms with E-state index >= 15 is 0 Å². The number of benzene rings is 6. The predicted molar refractivity (Wildman–Crippen MR) is 226 cm³/mol. The topological polar surface area (TPSA) is 191 Å². The first-order valence-electron chi connectivity index (χ1n) is 19.6. The minimum absolute atomic E-state index is 0.116. The Bertz CT molecular complexity index is 3110. The fraction of sp³-hybridized carbons (Fsp3) is 0.0833. The van der Waals surface area contributed by atoms with Gasteiger partial charge in [-0.05, 0) is 102 Å². The van der Waals surface area contributed by atoms with Crippen molar-refractivity contribution in [1.82, 2.24) is 20.4 Å². The molecule has 0 saturated carbocycles. The lowest BCUT2D eigenvalue weighted by molar-refractivity contribution is 0.0902. The molecule has 0 radical (unpaired) electrons. The van der Waals surface area contributed by atoms with Gasteiger partial charge in [0.05, 0.1) is 28.9 Å². The zero-order valence-electron chi connectivity index (χ0n) is 33.4. The van der Waals surface area contributed by atoms with Crippen molar-refractivity contribution in [2.24, 2.45) is 0 Å². The molecule has 8 aromatic rings. The van der Waals surface area contributed by atoms with Gasteiger partial charge in [-0.1, -0.05) is 78.6 Å². The van der Waals surface area contributed by atoms with E-state index in [1.165, 1.54) is 24.3 Å². The number of amides is 4. The van der Waals surface area contributed by atoms with Crippen LogP contribution in [0.2, 0.25) is 0 Å². The zero-order valence-corrected chi connectivity index (χ0v) is 33.4. The molecule has 2 aromatic heterocycles. The number of fused-ring (bicyclic) bond motifs is 2. The van der Waals surface area contributed by atoms with E-state index in [0.29, 0.717) is 39.7 Å². The van der Waals surface area contributed by atoms with Crippen LogP contribution in [0.1, 0.15) is 72.0 Å². The van der Waals surface area contributed by atoms with Crippen molar-refractivity contribution >= 4 is 35.7 Å². The maximum atomic E-state index is 13.5. The van der Waals surface area contributed by atoms with Crippen LogP contribution < -0.4 is 19.3 Å². The van der Waals surface area contributed by atoms with E-state index in [1.807, 2.05) is 66.7 Å². The molecule has 0 unspecified atom stereocenters. The largest absolute Gasteiger partial charge is 0.457 e. The van der Waals surface area contributed by atoms with E-state index in [9.17, 15) is 24.3 Å². The highest BCUT2D eigenvalue weighted by molar-refractivity contribution is 6.34. The van der Waals surface area contributed by atoms with Gasteiger partial charge in [0.1, 0.15) is 23.0 Å². The van der Waals surface area contributed by atoms with Crippen molar-refractivity contribution in [1.29, 1.82) is 0 Å². The van der Waals surface area contributed by atoms with Crippen LogP contribution in [0.4, 0.5) is 12.0 Å². The molecule has 10 rings (SSSR count). The van der Waals surface area contributed by atoms with Gasteiger partial charge in [0, 0.05) is 16.5 Å². The molecule has 0 saturated heterocycles. The van der Waals surface area contributed by atoms with Crippen LogP contribution in [0.15, 0.2) is 148 Å². The van der Waals surface area contributed by atoms with E-state index in [2.05, 4.69) is 34.2 Å². The van der Waals surface area contributed by atoms with Gasteiger partial charge in [-0.2, -0.15) is 9.80 Å². The highest BCUT2D eigenvalue weighted by Gasteiger charge is 2.42. The van der Waals surface area contributed by atoms with Crippen molar-refractivity contribution in [3.8, 4) is 45.9 Å². The summed E-state index contributed by atoms with van der Waals surface area (Å²) in [5, 5.41) is 25.2. The highest BCUT2D eigenvalue weighted by Crippen LogP contribution is 2.38. The van der Waals surface area contributed by atoms with Crippen molar-refractivity contribution in [2.75, 3.05) is 9.80 Å². The first kappa shape index (κ1) is 38.6. The first-order chi connectivity index (χ1) is 30.5. The lowest BCUT2D eigenvalue weighted by atomic mass is 9.78. The second-order valence-electron chi connectivity index (χ2n) is 15.2. The van der Waals surface area contributed by atoms with Gasteiger partial charge in [-0.3, -0.25) is 19.2 Å². The van der Waals surface area contributed by atoms with E-state index < -0.39 is 29.0 Å². The first-order valence-corrected chi connectivity index (χ1v) is 19.6. The lowest BCUT2D eigenvalue weighted by Crippen LogP contribution is -2.29. The normalized spacial score (nSPS) is 13.4. The van der Waals surface area contributed by atoms with E-state index in [4.69, 9.17) is 18.3 Å². The quantitative estimate of drug-likeness (QED) is 0.122. The molecule has 2 aliphatic heterocycles. The number of anilines is 2. The number of hydrogen-bond acceptors (Lipinski definition) is 13. The third-order valence-electron chi connectivity index (χ3n) is 11.0. The van der Waals surface area contributed by atoms with Crippen LogP contribution in [-0.2, 0) is 12.0 Å². The molecule has 63 heavy (non-hydrogen) atoms. The number of hydrogen-bond donors (Lipinski definition) is 1. The number of rotatable bonds is 11. The fourth-order valence-corrected chi connectivity index (χ4v) is 7.41. The van der Waals surface area contributed by atoms with Gasteiger partial charge in [0.15, 0.2) is 0 Å². The molecule has 6 aromatic carbocycles. The summed E-state index contributed by atoms with van der Waals surface area (Å²) < 4.78 is 23.6. The van der Waals surface area contributed by atoms with E-state index in [1.54, 1.807) is 48.5 Å². The predicted octanol–water partition coefficient (Wildman–Crippen LogP) is 8.79. The summed E-state index contributed by atoms with van der Waals surface area (Å²) in [7, 11) is 0. The lowest BCUT2D eigenvalue weighted by Gasteiger charge is -2.26. The van der Waals surface area contributed by atoms with E-state index in [0.717, 1.165) is 20.9 Å². The molecule has 4 amide bonds. The van der Waals surface area contributed by atoms with Crippen LogP contribution in [0.3, 0.4) is 0 Å². The van der Waals surface area contributed by atoms with Gasteiger partial charge in [-0.25, -0.2) is 0 Å². The average Bonchev–Trinajstić information content (AvgIpc) is 4.10. The number of aliphatic hydroxyl groups is 1. The van der Waals surface area contributed by atoms with Crippen LogP contribution in [0.5, 0.6) is 23.0 Å². The van der Waals surface area contributed by atoms with Crippen LogP contribution in [-0.4, -0.2) is 49.1 Å². The number of nitrogens with zero attached hydrogens (tertiary/aromatic N) is 6. The SMILES string of the molecule is CC(C)(c1ccc(Oc2ccc3c(c2)C(=O)N(c2nnc(-c4ccccc4)o2)C3=O)cc1)c1ccc(Oc2ccc3c(c2)C(=O)N(c2nnc(-c4ccc(CO)cc4)o2)C3=O)cc1. The van der Waals surface area contributed by atoms with Crippen molar-refractivity contribution in [2.45, 2.75) is 25.9 Å². The molecule has 2 aliphatic rings. The molecule has 0 fully saturated rings. The number of carbonyl (C=O) groups excluding carboxylic acids is 4. The Hall–Kier alpha value is -8.56. The van der Waals surface area contributed by atoms with Gasteiger partial charge in [0.25, 0.3) is 23.6 Å². The van der Waals surface area contributed by atoms with Crippen molar-refractivity contribution in [3.05, 3.63) is 178 Å². The summed E-state index contributed by atoms with van der Waals surface area (Å²) in [6, 6.07) is 39.9. The van der Waals surface area contributed by atoms with Gasteiger partial charge in [-0.15, -0.1) is 10.2 Å². The maximum Gasteiger partial charge on any atom is 0.332 e.